The predicted octanol–water partition coefficient (Wildman–Crippen LogP) is 0.420. The number of hydrogen-bond acceptors (Lipinski definition) is 4. The third-order valence-corrected chi connectivity index (χ3v) is 4.20. The number of aryl methyl sites for hydroxylation is 1. The van der Waals surface area contributed by atoms with E-state index in [0.717, 1.165) is 24.9 Å². The number of aromatic nitrogens is 1. The fraction of sp³-hybridized carbons (Fsp3) is 0.545. The molecule has 5 nitrogen and oxygen atoms in total. The van der Waals surface area contributed by atoms with Gasteiger partial charge in [-0.25, -0.2) is 18.1 Å². The minimum atomic E-state index is -3.48. The van der Waals surface area contributed by atoms with E-state index in [4.69, 9.17) is 0 Å². The highest BCUT2D eigenvalue weighted by molar-refractivity contribution is 7.89. The van der Waals surface area contributed by atoms with Gasteiger partial charge in [0.1, 0.15) is 0 Å². The Hall–Kier alpha value is -0.980. The van der Waals surface area contributed by atoms with Crippen LogP contribution >= 0.6 is 0 Å². The van der Waals surface area contributed by atoms with E-state index >= 15 is 0 Å². The van der Waals surface area contributed by atoms with Crippen LogP contribution in [0.2, 0.25) is 0 Å². The Kier molecular flexibility index (Phi) is 3.76. The lowest BCUT2D eigenvalue weighted by Gasteiger charge is -2.23. The molecule has 1 aromatic heterocycles. The normalized spacial score (nSPS) is 21.4. The number of nitrogens with one attached hydrogen (secondary N) is 2. The van der Waals surface area contributed by atoms with Gasteiger partial charge in [-0.2, -0.15) is 0 Å². The van der Waals surface area contributed by atoms with Crippen molar-refractivity contribution >= 4 is 10.0 Å². The summed E-state index contributed by atoms with van der Waals surface area (Å²) in [5, 5.41) is 3.27. The number of rotatable bonds is 3. The van der Waals surface area contributed by atoms with Crippen LogP contribution in [-0.2, 0) is 10.0 Å². The zero-order valence-corrected chi connectivity index (χ0v) is 10.6. The van der Waals surface area contributed by atoms with Crippen LogP contribution in [0.15, 0.2) is 23.4 Å². The maximum absolute atomic E-state index is 12.1. The first-order valence-corrected chi connectivity index (χ1v) is 7.22. The Balaban J connectivity index is 2.13. The van der Waals surface area contributed by atoms with Gasteiger partial charge in [0.15, 0.2) is 5.03 Å². The van der Waals surface area contributed by atoms with Crippen LogP contribution in [-0.4, -0.2) is 32.5 Å². The molecule has 94 valence electrons. The molecule has 0 amide bonds. The molecule has 0 saturated carbocycles. The first-order chi connectivity index (χ1) is 8.08. The molecule has 2 N–H and O–H groups in total. The topological polar surface area (TPSA) is 71.1 Å². The van der Waals surface area contributed by atoms with E-state index in [9.17, 15) is 8.42 Å². The van der Waals surface area contributed by atoms with Gasteiger partial charge in [-0.3, -0.25) is 0 Å². The number of pyridine rings is 1. The summed E-state index contributed by atoms with van der Waals surface area (Å²) < 4.78 is 26.8. The fourth-order valence-electron chi connectivity index (χ4n) is 1.89. The molecule has 1 aliphatic heterocycles. The fourth-order valence-corrected chi connectivity index (χ4v) is 3.19. The Morgan fingerprint density at radius 2 is 2.35 bits per heavy atom. The summed E-state index contributed by atoms with van der Waals surface area (Å²) in [7, 11) is -3.48. The van der Waals surface area contributed by atoms with Crippen LogP contribution in [0.1, 0.15) is 18.4 Å². The van der Waals surface area contributed by atoms with Gasteiger partial charge in [-0.1, -0.05) is 0 Å². The first kappa shape index (κ1) is 12.5. The van der Waals surface area contributed by atoms with Gasteiger partial charge in [0.2, 0.25) is 0 Å². The summed E-state index contributed by atoms with van der Waals surface area (Å²) in [6, 6.07) is 3.33. The molecular formula is C11H17N3O2S. The molecule has 0 aromatic carbocycles. The van der Waals surface area contributed by atoms with E-state index in [-0.39, 0.29) is 11.1 Å². The van der Waals surface area contributed by atoms with E-state index in [0.29, 0.717) is 6.54 Å². The first-order valence-electron chi connectivity index (χ1n) is 5.74. The van der Waals surface area contributed by atoms with Crippen LogP contribution < -0.4 is 10.0 Å². The van der Waals surface area contributed by atoms with E-state index in [2.05, 4.69) is 15.0 Å². The predicted molar refractivity (Wildman–Crippen MR) is 65.2 cm³/mol. The van der Waals surface area contributed by atoms with Gasteiger partial charge < -0.3 is 5.32 Å². The van der Waals surface area contributed by atoms with Gasteiger partial charge in [-0.15, -0.1) is 0 Å². The van der Waals surface area contributed by atoms with Gasteiger partial charge in [0.05, 0.1) is 0 Å². The zero-order valence-electron chi connectivity index (χ0n) is 9.81. The molecule has 17 heavy (non-hydrogen) atoms. The molecule has 0 aliphatic carbocycles. The second kappa shape index (κ2) is 5.12. The standard InChI is InChI=1S/C11H17N3O2S/c1-9-4-6-13-11(7-9)17(15,16)14-10-3-2-5-12-8-10/h4,6-7,10,12,14H,2-3,5,8H2,1H3/t10-/m0/s1. The largest absolute Gasteiger partial charge is 0.315 e. The van der Waals surface area contributed by atoms with Gasteiger partial charge in [-0.05, 0) is 44.0 Å². The Morgan fingerprint density at radius 3 is 3.00 bits per heavy atom. The molecule has 1 saturated heterocycles. The van der Waals surface area contributed by atoms with Crippen molar-refractivity contribution in [2.75, 3.05) is 13.1 Å². The molecule has 1 fully saturated rings. The second-order valence-corrected chi connectivity index (χ2v) is 6.00. The smallest absolute Gasteiger partial charge is 0.258 e. The summed E-state index contributed by atoms with van der Waals surface area (Å²) >= 11 is 0. The van der Waals surface area contributed by atoms with Crippen molar-refractivity contribution < 1.29 is 8.42 Å². The number of sulfonamides is 1. The van der Waals surface area contributed by atoms with Crippen LogP contribution in [0.25, 0.3) is 0 Å². The monoisotopic (exact) mass is 255 g/mol. The van der Waals surface area contributed by atoms with Gasteiger partial charge >= 0.3 is 0 Å². The average Bonchev–Trinajstić information content (AvgIpc) is 2.30. The molecule has 1 aliphatic rings. The molecule has 1 atom stereocenters. The SMILES string of the molecule is Cc1ccnc(S(=O)(=O)N[C@H]2CCCNC2)c1. The second-order valence-electron chi connectivity index (χ2n) is 4.34. The van der Waals surface area contributed by atoms with Crippen molar-refractivity contribution in [2.45, 2.75) is 30.8 Å². The highest BCUT2D eigenvalue weighted by Crippen LogP contribution is 2.10. The minimum Gasteiger partial charge on any atom is -0.315 e. The minimum absolute atomic E-state index is 0.0314. The molecule has 0 spiro atoms. The molecular weight excluding hydrogens is 238 g/mol. The van der Waals surface area contributed by atoms with E-state index < -0.39 is 10.0 Å². The lowest BCUT2D eigenvalue weighted by atomic mass is 10.1. The molecule has 1 aromatic rings. The van der Waals surface area contributed by atoms with E-state index in [1.165, 1.54) is 6.20 Å². The summed E-state index contributed by atoms with van der Waals surface area (Å²) in [4.78, 5) is 3.91. The lowest BCUT2D eigenvalue weighted by Crippen LogP contribution is -2.45. The van der Waals surface area contributed by atoms with E-state index in [1.807, 2.05) is 6.92 Å². The van der Waals surface area contributed by atoms with Crippen molar-refractivity contribution in [3.8, 4) is 0 Å². The van der Waals surface area contributed by atoms with Crippen molar-refractivity contribution in [3.63, 3.8) is 0 Å². The number of hydrogen-bond donors (Lipinski definition) is 2. The Labute approximate surface area is 102 Å². The zero-order chi connectivity index (χ0) is 12.3. The summed E-state index contributed by atoms with van der Waals surface area (Å²) in [6.45, 7) is 3.49. The van der Waals surface area contributed by atoms with Crippen LogP contribution in [0.3, 0.4) is 0 Å². The lowest BCUT2D eigenvalue weighted by molar-refractivity contribution is 0.428. The van der Waals surface area contributed by atoms with Crippen molar-refractivity contribution in [3.05, 3.63) is 23.9 Å². The highest BCUT2D eigenvalue weighted by atomic mass is 32.2. The molecule has 6 heteroatoms. The Morgan fingerprint density at radius 1 is 1.53 bits per heavy atom. The third-order valence-electron chi connectivity index (χ3n) is 2.78. The molecule has 0 radical (unpaired) electrons. The third kappa shape index (κ3) is 3.24. The number of piperidine rings is 1. The van der Waals surface area contributed by atoms with Gasteiger partial charge in [0.25, 0.3) is 10.0 Å². The molecule has 0 bridgehead atoms. The average molecular weight is 255 g/mol. The number of nitrogens with zero attached hydrogens (tertiary/aromatic N) is 1. The Bertz CT molecular complexity index is 481. The quantitative estimate of drug-likeness (QED) is 0.821. The maximum Gasteiger partial charge on any atom is 0.258 e. The maximum atomic E-state index is 12.1. The van der Waals surface area contributed by atoms with Crippen LogP contribution in [0.5, 0.6) is 0 Å². The molecule has 2 rings (SSSR count). The van der Waals surface area contributed by atoms with Crippen molar-refractivity contribution in [1.29, 1.82) is 0 Å². The summed E-state index contributed by atoms with van der Waals surface area (Å²) in [5.41, 5.74) is 0.891. The van der Waals surface area contributed by atoms with Gasteiger partial charge in [0, 0.05) is 18.8 Å². The molecule has 2 heterocycles. The van der Waals surface area contributed by atoms with Crippen LogP contribution in [0.4, 0.5) is 0 Å². The molecule has 0 unspecified atom stereocenters. The highest BCUT2D eigenvalue weighted by Gasteiger charge is 2.22. The summed E-state index contributed by atoms with van der Waals surface area (Å²) in [6.07, 6.45) is 3.38. The van der Waals surface area contributed by atoms with E-state index in [1.54, 1.807) is 12.1 Å². The summed E-state index contributed by atoms with van der Waals surface area (Å²) in [5.74, 6) is 0. The van der Waals surface area contributed by atoms with Crippen molar-refractivity contribution in [1.82, 2.24) is 15.0 Å². The van der Waals surface area contributed by atoms with Crippen LogP contribution in [0, 0.1) is 6.92 Å². The van der Waals surface area contributed by atoms with Crippen molar-refractivity contribution in [2.24, 2.45) is 0 Å².